The Hall–Kier alpha value is -0.610. The van der Waals surface area contributed by atoms with Gasteiger partial charge >= 0.3 is 0 Å². The van der Waals surface area contributed by atoms with Crippen molar-refractivity contribution in [1.82, 2.24) is 10.4 Å². The van der Waals surface area contributed by atoms with Gasteiger partial charge in [-0.1, -0.05) is 0 Å². The second kappa shape index (κ2) is 3.21. The number of rotatable bonds is 1. The summed E-state index contributed by atoms with van der Waals surface area (Å²) in [4.78, 5) is 17.3. The van der Waals surface area contributed by atoms with Gasteiger partial charge in [0.15, 0.2) is 0 Å². The lowest BCUT2D eigenvalue weighted by Crippen LogP contribution is -2.38. The molecule has 4 heteroatoms. The third kappa shape index (κ3) is 1.25. The first-order chi connectivity index (χ1) is 6.84. The van der Waals surface area contributed by atoms with E-state index in [4.69, 9.17) is 4.84 Å². The minimum Gasteiger partial charge on any atom is -0.310 e. The fraction of sp³-hybridized carbons (Fsp3) is 0.900. The highest BCUT2D eigenvalue weighted by molar-refractivity contribution is 5.79. The Balaban J connectivity index is 1.67. The van der Waals surface area contributed by atoms with Gasteiger partial charge < -0.3 is 5.32 Å². The Bertz CT molecular complexity index is 251. The lowest BCUT2D eigenvalue weighted by atomic mass is 9.88. The summed E-state index contributed by atoms with van der Waals surface area (Å²) >= 11 is 0. The summed E-state index contributed by atoms with van der Waals surface area (Å²) in [5.74, 6) is 0.397. The van der Waals surface area contributed by atoms with Crippen LogP contribution in [0.3, 0.4) is 0 Å². The molecule has 3 unspecified atom stereocenters. The standard InChI is InChI=1S/C10H16N2O2/c13-10(12-4-1-5-14-12)8-6-7-2-3-9(8)11-7/h7-9,11H,1-6H2. The van der Waals surface area contributed by atoms with Crippen molar-refractivity contribution in [3.05, 3.63) is 0 Å². The number of carbonyl (C=O) groups is 1. The van der Waals surface area contributed by atoms with Gasteiger partial charge in [0.2, 0.25) is 0 Å². The lowest BCUT2D eigenvalue weighted by molar-refractivity contribution is -0.174. The Labute approximate surface area is 83.5 Å². The molecule has 4 nitrogen and oxygen atoms in total. The third-order valence-corrected chi connectivity index (χ3v) is 3.62. The molecule has 2 bridgehead atoms. The van der Waals surface area contributed by atoms with Crippen molar-refractivity contribution in [1.29, 1.82) is 0 Å². The smallest absolute Gasteiger partial charge is 0.250 e. The Morgan fingerprint density at radius 1 is 1.43 bits per heavy atom. The second-order valence-corrected chi connectivity index (χ2v) is 4.52. The molecule has 0 spiro atoms. The maximum absolute atomic E-state index is 12.0. The first-order valence-electron chi connectivity index (χ1n) is 5.55. The summed E-state index contributed by atoms with van der Waals surface area (Å²) < 4.78 is 0. The quantitative estimate of drug-likeness (QED) is 0.655. The van der Waals surface area contributed by atoms with Crippen LogP contribution in [0.15, 0.2) is 0 Å². The van der Waals surface area contributed by atoms with Crippen molar-refractivity contribution in [2.24, 2.45) is 5.92 Å². The zero-order valence-corrected chi connectivity index (χ0v) is 8.24. The van der Waals surface area contributed by atoms with Crippen LogP contribution in [-0.4, -0.2) is 36.2 Å². The van der Waals surface area contributed by atoms with Crippen molar-refractivity contribution in [2.45, 2.75) is 37.8 Å². The molecule has 78 valence electrons. The molecule has 3 aliphatic heterocycles. The normalized spacial score (nSPS) is 40.9. The van der Waals surface area contributed by atoms with Crippen molar-refractivity contribution in [3.8, 4) is 0 Å². The van der Waals surface area contributed by atoms with E-state index < -0.39 is 0 Å². The number of hydroxylamine groups is 2. The lowest BCUT2D eigenvalue weighted by Gasteiger charge is -2.23. The first-order valence-corrected chi connectivity index (χ1v) is 5.55. The van der Waals surface area contributed by atoms with Gasteiger partial charge in [-0.2, -0.15) is 0 Å². The Morgan fingerprint density at radius 2 is 2.36 bits per heavy atom. The van der Waals surface area contributed by atoms with E-state index in [0.717, 1.165) is 25.8 Å². The Morgan fingerprint density at radius 3 is 2.93 bits per heavy atom. The molecule has 3 heterocycles. The van der Waals surface area contributed by atoms with E-state index in [1.165, 1.54) is 6.42 Å². The number of nitrogens with zero attached hydrogens (tertiary/aromatic N) is 1. The highest BCUT2D eigenvalue weighted by atomic mass is 16.7. The van der Waals surface area contributed by atoms with Gasteiger partial charge in [-0.15, -0.1) is 0 Å². The maximum Gasteiger partial charge on any atom is 0.250 e. The summed E-state index contributed by atoms with van der Waals surface area (Å²) in [5.41, 5.74) is 0. The van der Waals surface area contributed by atoms with Gasteiger partial charge in [0.05, 0.1) is 19.1 Å². The molecule has 3 aliphatic rings. The average Bonchev–Trinajstić information content (AvgIpc) is 2.93. The first kappa shape index (κ1) is 8.68. The van der Waals surface area contributed by atoms with Crippen LogP contribution in [0.2, 0.25) is 0 Å². The zero-order valence-electron chi connectivity index (χ0n) is 8.24. The van der Waals surface area contributed by atoms with Crippen LogP contribution in [0.5, 0.6) is 0 Å². The van der Waals surface area contributed by atoms with Gasteiger partial charge in [0.25, 0.3) is 5.91 Å². The van der Waals surface area contributed by atoms with Gasteiger partial charge in [0, 0.05) is 12.1 Å². The molecule has 3 saturated heterocycles. The van der Waals surface area contributed by atoms with Crippen LogP contribution in [-0.2, 0) is 9.63 Å². The van der Waals surface area contributed by atoms with Crippen molar-refractivity contribution in [3.63, 3.8) is 0 Å². The third-order valence-electron chi connectivity index (χ3n) is 3.62. The van der Waals surface area contributed by atoms with E-state index in [1.807, 2.05) is 0 Å². The number of fused-ring (bicyclic) bond motifs is 2. The number of nitrogens with one attached hydrogen (secondary N) is 1. The number of amides is 1. The van der Waals surface area contributed by atoms with E-state index in [9.17, 15) is 4.79 Å². The molecule has 3 rings (SSSR count). The molecule has 0 aromatic heterocycles. The molecule has 0 aromatic carbocycles. The predicted octanol–water partition coefficient (Wildman–Crippen LogP) is 0.291. The molecule has 14 heavy (non-hydrogen) atoms. The maximum atomic E-state index is 12.0. The molecule has 0 radical (unpaired) electrons. The number of hydrogen-bond acceptors (Lipinski definition) is 3. The van der Waals surface area contributed by atoms with Crippen LogP contribution in [0, 0.1) is 5.92 Å². The van der Waals surface area contributed by atoms with Gasteiger partial charge in [0.1, 0.15) is 0 Å². The fourth-order valence-corrected chi connectivity index (χ4v) is 2.90. The molecule has 1 N–H and O–H groups in total. The summed E-state index contributed by atoms with van der Waals surface area (Å²) in [7, 11) is 0. The molecule has 3 atom stereocenters. The minimum atomic E-state index is 0.187. The zero-order chi connectivity index (χ0) is 9.54. The highest BCUT2D eigenvalue weighted by Crippen LogP contribution is 2.34. The van der Waals surface area contributed by atoms with Gasteiger partial charge in [-0.25, -0.2) is 5.06 Å². The predicted molar refractivity (Wildman–Crippen MR) is 50.3 cm³/mol. The van der Waals surface area contributed by atoms with E-state index in [2.05, 4.69) is 5.32 Å². The molecular formula is C10H16N2O2. The highest BCUT2D eigenvalue weighted by Gasteiger charge is 2.44. The molecule has 1 amide bonds. The molecule has 0 aromatic rings. The van der Waals surface area contributed by atoms with Crippen LogP contribution in [0.4, 0.5) is 0 Å². The van der Waals surface area contributed by atoms with Gasteiger partial charge in [-0.3, -0.25) is 9.63 Å². The molecular weight excluding hydrogens is 180 g/mol. The largest absolute Gasteiger partial charge is 0.310 e. The van der Waals surface area contributed by atoms with E-state index in [0.29, 0.717) is 18.7 Å². The summed E-state index contributed by atoms with van der Waals surface area (Å²) in [6.45, 7) is 1.49. The van der Waals surface area contributed by atoms with Crippen molar-refractivity contribution >= 4 is 5.91 Å². The minimum absolute atomic E-state index is 0.187. The molecule has 0 saturated carbocycles. The number of carbonyl (C=O) groups excluding carboxylic acids is 1. The van der Waals surface area contributed by atoms with E-state index in [1.54, 1.807) is 5.06 Å². The van der Waals surface area contributed by atoms with E-state index >= 15 is 0 Å². The summed E-state index contributed by atoms with van der Waals surface area (Å²) in [5, 5.41) is 5.06. The second-order valence-electron chi connectivity index (χ2n) is 4.52. The molecule has 3 fully saturated rings. The number of hydrogen-bond donors (Lipinski definition) is 1. The van der Waals surface area contributed by atoms with Gasteiger partial charge in [-0.05, 0) is 25.7 Å². The fourth-order valence-electron chi connectivity index (χ4n) is 2.90. The summed E-state index contributed by atoms with van der Waals surface area (Å²) in [6, 6.07) is 1.02. The monoisotopic (exact) mass is 196 g/mol. The van der Waals surface area contributed by atoms with Crippen molar-refractivity contribution < 1.29 is 9.63 Å². The van der Waals surface area contributed by atoms with Crippen LogP contribution >= 0.6 is 0 Å². The van der Waals surface area contributed by atoms with Crippen molar-refractivity contribution in [2.75, 3.05) is 13.2 Å². The van der Waals surface area contributed by atoms with Crippen LogP contribution in [0.25, 0.3) is 0 Å². The van der Waals surface area contributed by atoms with Crippen LogP contribution in [0.1, 0.15) is 25.7 Å². The molecule has 0 aliphatic carbocycles. The summed E-state index contributed by atoms with van der Waals surface area (Å²) in [6.07, 6.45) is 4.41. The Kier molecular flexibility index (Phi) is 1.99. The SMILES string of the molecule is O=C(C1CC2CCC1N2)N1CCCO1. The topological polar surface area (TPSA) is 41.6 Å². The van der Waals surface area contributed by atoms with Crippen LogP contribution < -0.4 is 5.32 Å². The van der Waals surface area contributed by atoms with E-state index in [-0.39, 0.29) is 11.8 Å². The average molecular weight is 196 g/mol.